The third-order valence-electron chi connectivity index (χ3n) is 10.8. The molecule has 0 aliphatic rings. The first-order valence-electron chi connectivity index (χ1n) is 26.7. The molecule has 3 unspecified atom stereocenters. The molecule has 0 aliphatic heterocycles. The second-order valence-electron chi connectivity index (χ2n) is 18.5. The summed E-state index contributed by atoms with van der Waals surface area (Å²) in [5.74, 6) is -0.231. The lowest BCUT2D eigenvalue weighted by Crippen LogP contribution is -2.45. The van der Waals surface area contributed by atoms with Gasteiger partial charge in [0.2, 0.25) is 5.91 Å². The number of phosphoric acid groups is 1. The van der Waals surface area contributed by atoms with Crippen LogP contribution < -0.4 is 5.32 Å². The number of likely N-dealkylation sites (N-methyl/N-ethyl adjacent to an activating group) is 1. The number of quaternary nitrogens is 1. The average molecular weight is 976 g/mol. The zero-order valence-corrected chi connectivity index (χ0v) is 45.1. The van der Waals surface area contributed by atoms with Crippen molar-refractivity contribution in [1.82, 2.24) is 5.32 Å². The number of aliphatic hydroxyl groups excluding tert-OH is 1. The Morgan fingerprint density at radius 1 is 0.507 bits per heavy atom. The molecule has 8 nitrogen and oxygen atoms in total. The van der Waals surface area contributed by atoms with E-state index in [-0.39, 0.29) is 19.1 Å². The summed E-state index contributed by atoms with van der Waals surface area (Å²) in [5, 5.41) is 13.8. The lowest BCUT2D eigenvalue weighted by molar-refractivity contribution is -0.870. The van der Waals surface area contributed by atoms with Gasteiger partial charge in [0.1, 0.15) is 13.2 Å². The summed E-state index contributed by atoms with van der Waals surface area (Å²) in [7, 11) is 1.50. The Labute approximate surface area is 423 Å². The van der Waals surface area contributed by atoms with E-state index in [4.69, 9.17) is 9.05 Å². The number of amides is 1. The van der Waals surface area contributed by atoms with Crippen LogP contribution in [0, 0.1) is 0 Å². The van der Waals surface area contributed by atoms with Crippen LogP contribution in [0.3, 0.4) is 0 Å². The summed E-state index contributed by atoms with van der Waals surface area (Å²) in [6.07, 6.45) is 76.5. The Hall–Kier alpha value is -3.62. The number of carbonyl (C=O) groups is 1. The van der Waals surface area contributed by atoms with Gasteiger partial charge in [-0.1, -0.05) is 198 Å². The molecule has 1 amide bonds. The fourth-order valence-corrected chi connectivity index (χ4v) is 7.33. The standard InChI is InChI=1S/C60H99N2O6P/c1-6-8-10-12-14-16-18-20-22-24-25-26-27-28-29-30-31-32-33-34-35-36-37-38-40-42-44-46-48-50-52-54-60(64)61-58(57-68-69(65,66)67-56-55-62(3,4)5)59(63)53-51-49-47-45-43-41-39-23-21-19-17-15-13-11-9-7-2/h8,10,14,16,20-23,25-26,28-29,31-32,34-35,37-38,42-45,51,53,58-59,63H,6-7,9,11-13,15,17-19,24,27,30,33,36,39-41,46-50,52,54-57H2,1-5H3,(H-,61,64,65,66)/p+1/b10-8-,16-14-,22-20-,23-21+,26-25-,29-28-,32-31-,35-34-,38-37-,44-42-,45-43+,53-51+. The van der Waals surface area contributed by atoms with Gasteiger partial charge in [-0.3, -0.25) is 13.8 Å². The largest absolute Gasteiger partial charge is 0.472 e. The van der Waals surface area contributed by atoms with E-state index < -0.39 is 20.0 Å². The molecule has 0 rings (SSSR count). The van der Waals surface area contributed by atoms with Gasteiger partial charge in [-0.05, 0) is 116 Å². The van der Waals surface area contributed by atoms with Crippen molar-refractivity contribution in [2.45, 2.75) is 187 Å². The monoisotopic (exact) mass is 976 g/mol. The molecule has 0 heterocycles. The van der Waals surface area contributed by atoms with Gasteiger partial charge in [-0.2, -0.15) is 0 Å². The molecule has 0 aromatic heterocycles. The zero-order valence-electron chi connectivity index (χ0n) is 44.2. The number of nitrogens with zero attached hydrogens (tertiary/aromatic N) is 1. The van der Waals surface area contributed by atoms with E-state index in [1.807, 2.05) is 27.2 Å². The zero-order chi connectivity index (χ0) is 50.6. The van der Waals surface area contributed by atoms with Crippen molar-refractivity contribution in [2.24, 2.45) is 0 Å². The van der Waals surface area contributed by atoms with Crippen molar-refractivity contribution in [1.29, 1.82) is 0 Å². The predicted molar refractivity (Wildman–Crippen MR) is 299 cm³/mol. The first kappa shape index (κ1) is 65.4. The number of hydrogen-bond donors (Lipinski definition) is 3. The van der Waals surface area contributed by atoms with Crippen molar-refractivity contribution >= 4 is 13.7 Å². The molecule has 3 atom stereocenters. The second kappa shape index (κ2) is 49.4. The molecule has 0 spiro atoms. The number of aliphatic hydroxyl groups is 1. The molecule has 0 saturated heterocycles. The van der Waals surface area contributed by atoms with Crippen molar-refractivity contribution in [3.05, 3.63) is 146 Å². The molecule has 0 fully saturated rings. The summed E-state index contributed by atoms with van der Waals surface area (Å²) in [6.45, 7) is 4.60. The van der Waals surface area contributed by atoms with Gasteiger partial charge in [0.15, 0.2) is 0 Å². The van der Waals surface area contributed by atoms with E-state index >= 15 is 0 Å². The van der Waals surface area contributed by atoms with Crippen LogP contribution >= 0.6 is 7.82 Å². The molecule has 390 valence electrons. The van der Waals surface area contributed by atoms with Gasteiger partial charge in [0, 0.05) is 6.42 Å². The minimum absolute atomic E-state index is 0.0378. The number of unbranched alkanes of at least 4 members (excludes halogenated alkanes) is 11. The van der Waals surface area contributed by atoms with Crippen molar-refractivity contribution in [3.8, 4) is 0 Å². The van der Waals surface area contributed by atoms with Gasteiger partial charge >= 0.3 is 7.82 Å². The van der Waals surface area contributed by atoms with Crippen LogP contribution in [-0.2, 0) is 18.4 Å². The van der Waals surface area contributed by atoms with E-state index in [0.717, 1.165) is 103 Å². The molecule has 69 heavy (non-hydrogen) atoms. The molecule has 0 radical (unpaired) electrons. The summed E-state index contributed by atoms with van der Waals surface area (Å²) in [4.78, 5) is 23.2. The van der Waals surface area contributed by atoms with E-state index in [2.05, 4.69) is 153 Å². The van der Waals surface area contributed by atoms with Crippen LogP contribution in [0.4, 0.5) is 0 Å². The summed E-state index contributed by atoms with van der Waals surface area (Å²) >= 11 is 0. The molecule has 0 aliphatic carbocycles. The summed E-state index contributed by atoms with van der Waals surface area (Å²) < 4.78 is 23.6. The van der Waals surface area contributed by atoms with Crippen molar-refractivity contribution < 1.29 is 32.9 Å². The highest BCUT2D eigenvalue weighted by Gasteiger charge is 2.27. The van der Waals surface area contributed by atoms with Gasteiger partial charge in [-0.15, -0.1) is 0 Å². The third-order valence-corrected chi connectivity index (χ3v) is 11.8. The lowest BCUT2D eigenvalue weighted by atomic mass is 10.1. The number of phosphoric ester groups is 1. The Balaban J connectivity index is 4.42. The SMILES string of the molecule is CC/C=C\C/C=C\C/C=C\C/C=C\C/C=C\C/C=C\C/C=C\C/C=C\C/C=C\CCCCCC(=O)NC(COP(=O)(O)OCC[N+](C)(C)C)C(O)/C=C/CC/C=C/CC/C=C/CCCCCCCC. The van der Waals surface area contributed by atoms with E-state index in [1.165, 1.54) is 44.9 Å². The molecular weight excluding hydrogens is 876 g/mol. The molecular formula is C60H100N2O6P+. The fourth-order valence-electron chi connectivity index (χ4n) is 6.59. The lowest BCUT2D eigenvalue weighted by Gasteiger charge is -2.25. The highest BCUT2D eigenvalue weighted by atomic mass is 31.2. The van der Waals surface area contributed by atoms with Crippen LogP contribution in [0.1, 0.15) is 174 Å². The number of carbonyl (C=O) groups excluding carboxylic acids is 1. The van der Waals surface area contributed by atoms with Gasteiger partial charge in [0.25, 0.3) is 0 Å². The Bertz CT molecular complexity index is 1620. The Kier molecular flexibility index (Phi) is 46.8. The third kappa shape index (κ3) is 52.0. The van der Waals surface area contributed by atoms with E-state index in [1.54, 1.807) is 6.08 Å². The minimum atomic E-state index is -4.38. The number of allylic oxidation sites excluding steroid dienone is 23. The smallest absolute Gasteiger partial charge is 0.387 e. The normalized spacial score (nSPS) is 15.2. The van der Waals surface area contributed by atoms with Crippen LogP contribution in [0.25, 0.3) is 0 Å². The molecule has 0 saturated carbocycles. The van der Waals surface area contributed by atoms with Crippen molar-refractivity contribution in [3.63, 3.8) is 0 Å². The fraction of sp³-hybridized carbons (Fsp3) is 0.583. The van der Waals surface area contributed by atoms with Gasteiger partial charge < -0.3 is 19.8 Å². The van der Waals surface area contributed by atoms with Crippen LogP contribution in [0.15, 0.2) is 146 Å². The number of rotatable bonds is 46. The highest BCUT2D eigenvalue weighted by molar-refractivity contribution is 7.47. The molecule has 0 bridgehead atoms. The van der Waals surface area contributed by atoms with Crippen LogP contribution in [0.2, 0.25) is 0 Å². The minimum Gasteiger partial charge on any atom is -0.387 e. The van der Waals surface area contributed by atoms with Crippen LogP contribution in [0.5, 0.6) is 0 Å². The second-order valence-corrected chi connectivity index (χ2v) is 19.9. The first-order chi connectivity index (χ1) is 33.5. The maximum atomic E-state index is 12.9. The molecule has 9 heteroatoms. The highest BCUT2D eigenvalue weighted by Crippen LogP contribution is 2.43. The topological polar surface area (TPSA) is 105 Å². The van der Waals surface area contributed by atoms with E-state index in [0.29, 0.717) is 23.9 Å². The maximum absolute atomic E-state index is 12.9. The Morgan fingerprint density at radius 3 is 1.33 bits per heavy atom. The quantitative estimate of drug-likeness (QED) is 0.0243. The van der Waals surface area contributed by atoms with Crippen molar-refractivity contribution in [2.75, 3.05) is 40.9 Å². The van der Waals surface area contributed by atoms with Gasteiger partial charge in [0.05, 0.1) is 39.9 Å². The Morgan fingerprint density at radius 2 is 0.884 bits per heavy atom. The van der Waals surface area contributed by atoms with E-state index in [9.17, 15) is 19.4 Å². The molecule has 0 aromatic carbocycles. The molecule has 0 aromatic rings. The number of hydrogen-bond acceptors (Lipinski definition) is 5. The summed E-state index contributed by atoms with van der Waals surface area (Å²) in [5.41, 5.74) is 0. The molecule has 3 N–H and O–H groups in total. The van der Waals surface area contributed by atoms with Crippen LogP contribution in [-0.4, -0.2) is 73.4 Å². The first-order valence-corrected chi connectivity index (χ1v) is 28.2. The summed E-state index contributed by atoms with van der Waals surface area (Å²) in [6, 6.07) is -0.899. The average Bonchev–Trinajstić information content (AvgIpc) is 3.31. The predicted octanol–water partition coefficient (Wildman–Crippen LogP) is 16.1. The number of nitrogens with one attached hydrogen (secondary N) is 1. The maximum Gasteiger partial charge on any atom is 0.472 e. The van der Waals surface area contributed by atoms with Gasteiger partial charge in [-0.25, -0.2) is 4.57 Å².